The smallest absolute Gasteiger partial charge is 0.263 e. The summed E-state index contributed by atoms with van der Waals surface area (Å²) in [5.41, 5.74) is 0.472. The van der Waals surface area contributed by atoms with E-state index in [4.69, 9.17) is 16.3 Å². The van der Waals surface area contributed by atoms with E-state index in [1.165, 1.54) is 36.4 Å². The van der Waals surface area contributed by atoms with Crippen molar-refractivity contribution < 1.29 is 17.9 Å². The highest BCUT2D eigenvalue weighted by Gasteiger charge is 2.15. The van der Waals surface area contributed by atoms with Crippen LogP contribution < -0.4 is 14.8 Å². The van der Waals surface area contributed by atoms with Crippen molar-refractivity contribution in [2.45, 2.75) is 11.3 Å². The molecule has 0 aliphatic heterocycles. The average Bonchev–Trinajstić information content (AvgIpc) is 2.71. The number of ether oxygens (including phenoxy) is 1. The predicted octanol–water partition coefficient (Wildman–Crippen LogP) is 3.34. The number of para-hydroxylation sites is 1. The van der Waals surface area contributed by atoms with Crippen LogP contribution in [-0.4, -0.2) is 31.1 Å². The Bertz CT molecular complexity index is 1060. The highest BCUT2D eigenvalue weighted by Crippen LogP contribution is 2.18. The minimum atomic E-state index is -3.84. The number of amides is 1. The SMILES string of the molecule is O=C(CCOc1ccccc1)Nc1ccc(S(=O)(=O)Nc2ccc(Cl)nn2)cc1. The molecule has 2 N–H and O–H groups in total. The molecule has 29 heavy (non-hydrogen) atoms. The number of carbonyl (C=O) groups excluding carboxylic acids is 1. The molecule has 8 nitrogen and oxygen atoms in total. The zero-order chi connectivity index (χ0) is 20.7. The van der Waals surface area contributed by atoms with Crippen LogP contribution in [0.1, 0.15) is 6.42 Å². The summed E-state index contributed by atoms with van der Waals surface area (Å²) in [6.45, 7) is 0.231. The topological polar surface area (TPSA) is 110 Å². The van der Waals surface area contributed by atoms with Crippen LogP contribution in [0.25, 0.3) is 0 Å². The van der Waals surface area contributed by atoms with Crippen molar-refractivity contribution in [3.05, 3.63) is 71.9 Å². The van der Waals surface area contributed by atoms with Crippen LogP contribution in [0.5, 0.6) is 5.75 Å². The molecule has 3 rings (SSSR count). The lowest BCUT2D eigenvalue weighted by atomic mass is 10.3. The molecule has 2 aromatic carbocycles. The van der Waals surface area contributed by atoms with Crippen LogP contribution in [0, 0.1) is 0 Å². The minimum Gasteiger partial charge on any atom is -0.493 e. The molecule has 1 aromatic heterocycles. The van der Waals surface area contributed by atoms with E-state index in [1.54, 1.807) is 12.1 Å². The molecule has 0 bridgehead atoms. The first-order valence-corrected chi connectivity index (χ1v) is 10.4. The van der Waals surface area contributed by atoms with Gasteiger partial charge in [0.2, 0.25) is 5.91 Å². The van der Waals surface area contributed by atoms with Gasteiger partial charge < -0.3 is 10.1 Å². The minimum absolute atomic E-state index is 0.0136. The number of nitrogens with one attached hydrogen (secondary N) is 2. The number of sulfonamides is 1. The van der Waals surface area contributed by atoms with E-state index < -0.39 is 10.0 Å². The second-order valence-electron chi connectivity index (χ2n) is 5.83. The largest absolute Gasteiger partial charge is 0.493 e. The van der Waals surface area contributed by atoms with Crippen molar-refractivity contribution in [2.75, 3.05) is 16.6 Å². The Hall–Kier alpha value is -3.17. The molecule has 0 fully saturated rings. The van der Waals surface area contributed by atoms with Crippen LogP contribution >= 0.6 is 11.6 Å². The molecule has 0 atom stereocenters. The molecule has 0 saturated carbocycles. The Morgan fingerprint density at radius 2 is 1.69 bits per heavy atom. The van der Waals surface area contributed by atoms with E-state index in [1.807, 2.05) is 18.2 Å². The number of benzene rings is 2. The Kier molecular flexibility index (Phi) is 6.63. The second kappa shape index (κ2) is 9.35. The number of nitrogens with zero attached hydrogens (tertiary/aromatic N) is 2. The van der Waals surface area contributed by atoms with Gasteiger partial charge in [-0.15, -0.1) is 10.2 Å². The maximum atomic E-state index is 12.4. The van der Waals surface area contributed by atoms with Gasteiger partial charge >= 0.3 is 0 Å². The summed E-state index contributed by atoms with van der Waals surface area (Å²) >= 11 is 5.63. The summed E-state index contributed by atoms with van der Waals surface area (Å²) in [5, 5.41) is 10.1. The summed E-state index contributed by atoms with van der Waals surface area (Å²) in [7, 11) is -3.84. The van der Waals surface area contributed by atoms with Crippen LogP contribution in [0.2, 0.25) is 5.15 Å². The summed E-state index contributed by atoms with van der Waals surface area (Å²) < 4.78 is 32.5. The van der Waals surface area contributed by atoms with Gasteiger partial charge in [-0.1, -0.05) is 29.8 Å². The number of halogens is 1. The Morgan fingerprint density at radius 3 is 2.34 bits per heavy atom. The molecule has 3 aromatic rings. The number of aromatic nitrogens is 2. The predicted molar refractivity (Wildman–Crippen MR) is 109 cm³/mol. The van der Waals surface area contributed by atoms with E-state index in [9.17, 15) is 13.2 Å². The van der Waals surface area contributed by atoms with E-state index in [0.29, 0.717) is 11.4 Å². The molecule has 0 unspecified atom stereocenters. The maximum absolute atomic E-state index is 12.4. The molecule has 0 aliphatic carbocycles. The Morgan fingerprint density at radius 1 is 0.966 bits per heavy atom. The Labute approximate surface area is 172 Å². The van der Waals surface area contributed by atoms with Crippen LogP contribution in [-0.2, 0) is 14.8 Å². The standard InChI is InChI=1S/C19H17ClN4O4S/c20-17-10-11-18(23-22-17)24-29(26,27)16-8-6-14(7-9-16)21-19(25)12-13-28-15-4-2-1-3-5-15/h1-11H,12-13H2,(H,21,25)(H,23,24). The van der Waals surface area contributed by atoms with Crippen molar-refractivity contribution in [2.24, 2.45) is 0 Å². The fourth-order valence-corrected chi connectivity index (χ4v) is 3.38. The van der Waals surface area contributed by atoms with Gasteiger partial charge in [0.1, 0.15) is 5.75 Å². The number of rotatable bonds is 8. The van der Waals surface area contributed by atoms with Gasteiger partial charge in [0, 0.05) is 5.69 Å². The third-order valence-electron chi connectivity index (χ3n) is 3.66. The summed E-state index contributed by atoms with van der Waals surface area (Å²) in [6.07, 6.45) is 0.158. The molecular weight excluding hydrogens is 416 g/mol. The molecule has 0 saturated heterocycles. The maximum Gasteiger partial charge on any atom is 0.263 e. The van der Waals surface area contributed by atoms with Crippen LogP contribution in [0.4, 0.5) is 11.5 Å². The molecule has 1 heterocycles. The van der Waals surface area contributed by atoms with Gasteiger partial charge in [0.05, 0.1) is 17.9 Å². The van der Waals surface area contributed by atoms with Crippen LogP contribution in [0.15, 0.2) is 71.6 Å². The summed E-state index contributed by atoms with van der Waals surface area (Å²) in [5.74, 6) is 0.490. The average molecular weight is 433 g/mol. The third kappa shape index (κ3) is 6.16. The lowest BCUT2D eigenvalue weighted by Gasteiger charge is -2.09. The molecular formula is C19H17ClN4O4S. The fraction of sp³-hybridized carbons (Fsp3) is 0.105. The van der Waals surface area contributed by atoms with Crippen molar-refractivity contribution in [3.63, 3.8) is 0 Å². The normalized spacial score (nSPS) is 10.9. The molecule has 0 spiro atoms. The van der Waals surface area contributed by atoms with Crippen LogP contribution in [0.3, 0.4) is 0 Å². The Balaban J connectivity index is 1.53. The van der Waals surface area contributed by atoms with Crippen molar-refractivity contribution >= 4 is 39.0 Å². The zero-order valence-corrected chi connectivity index (χ0v) is 16.7. The van der Waals surface area contributed by atoms with Crippen molar-refractivity contribution in [1.29, 1.82) is 0 Å². The van der Waals surface area contributed by atoms with Gasteiger partial charge in [-0.3, -0.25) is 9.52 Å². The number of hydrogen-bond acceptors (Lipinski definition) is 6. The molecule has 0 aliphatic rings. The van der Waals surface area contributed by atoms with Crippen molar-refractivity contribution in [3.8, 4) is 5.75 Å². The van der Waals surface area contributed by atoms with Gasteiger partial charge in [-0.25, -0.2) is 8.42 Å². The molecule has 150 valence electrons. The lowest BCUT2D eigenvalue weighted by molar-refractivity contribution is -0.116. The monoisotopic (exact) mass is 432 g/mol. The number of anilines is 2. The zero-order valence-electron chi connectivity index (χ0n) is 15.1. The molecule has 1 amide bonds. The second-order valence-corrected chi connectivity index (χ2v) is 7.90. The highest BCUT2D eigenvalue weighted by molar-refractivity contribution is 7.92. The summed E-state index contributed by atoms with van der Waals surface area (Å²) in [6, 6.07) is 17.8. The van der Waals surface area contributed by atoms with Gasteiger partial charge in [-0.05, 0) is 48.5 Å². The van der Waals surface area contributed by atoms with E-state index >= 15 is 0 Å². The lowest BCUT2D eigenvalue weighted by Crippen LogP contribution is -2.16. The number of carbonyl (C=O) groups is 1. The molecule has 10 heteroatoms. The number of hydrogen-bond donors (Lipinski definition) is 2. The van der Waals surface area contributed by atoms with E-state index in [0.717, 1.165) is 0 Å². The van der Waals surface area contributed by atoms with Gasteiger partial charge in [0.15, 0.2) is 11.0 Å². The van der Waals surface area contributed by atoms with Gasteiger partial charge in [0.25, 0.3) is 10.0 Å². The summed E-state index contributed by atoms with van der Waals surface area (Å²) in [4.78, 5) is 12.0. The first-order valence-electron chi connectivity index (χ1n) is 8.52. The van der Waals surface area contributed by atoms with Crippen molar-refractivity contribution in [1.82, 2.24) is 10.2 Å². The van der Waals surface area contributed by atoms with E-state index in [2.05, 4.69) is 20.2 Å². The van der Waals surface area contributed by atoms with Gasteiger partial charge in [-0.2, -0.15) is 0 Å². The van der Waals surface area contributed by atoms with E-state index in [-0.39, 0.29) is 34.8 Å². The fourth-order valence-electron chi connectivity index (χ4n) is 2.29. The first kappa shape index (κ1) is 20.6. The third-order valence-corrected chi connectivity index (χ3v) is 5.23. The highest BCUT2D eigenvalue weighted by atomic mass is 35.5. The molecule has 0 radical (unpaired) electrons. The quantitative estimate of drug-likeness (QED) is 0.564. The first-order chi connectivity index (χ1) is 13.9.